The van der Waals surface area contributed by atoms with E-state index in [4.69, 9.17) is 11.6 Å². The van der Waals surface area contributed by atoms with Crippen LogP contribution in [-0.2, 0) is 23.9 Å². The van der Waals surface area contributed by atoms with E-state index in [1.165, 1.54) is 17.4 Å². The molecule has 4 heterocycles. The van der Waals surface area contributed by atoms with E-state index in [1.54, 1.807) is 31.4 Å². The van der Waals surface area contributed by atoms with Crippen LogP contribution < -0.4 is 15.6 Å². The van der Waals surface area contributed by atoms with Crippen molar-refractivity contribution in [3.8, 4) is 5.75 Å². The van der Waals surface area contributed by atoms with Crippen LogP contribution in [0.5, 0.6) is 5.75 Å². The van der Waals surface area contributed by atoms with Gasteiger partial charge >= 0.3 is 6.18 Å². The lowest BCUT2D eigenvalue weighted by Gasteiger charge is -2.37. The number of hydrogen-bond acceptors (Lipinski definition) is 10. The van der Waals surface area contributed by atoms with Gasteiger partial charge in [-0.3, -0.25) is 14.4 Å². The van der Waals surface area contributed by atoms with Gasteiger partial charge in [0.25, 0.3) is 5.91 Å². The van der Waals surface area contributed by atoms with E-state index in [1.807, 2.05) is 4.90 Å². The lowest BCUT2D eigenvalue weighted by molar-refractivity contribution is -0.137. The van der Waals surface area contributed by atoms with Crippen LogP contribution in [0.15, 0.2) is 41.1 Å². The van der Waals surface area contributed by atoms with Crippen molar-refractivity contribution in [1.82, 2.24) is 29.4 Å². The van der Waals surface area contributed by atoms with Crippen LogP contribution in [0.25, 0.3) is 17.2 Å². The number of aromatic nitrogens is 5. The molecule has 0 radical (unpaired) electrons. The number of pyridine rings is 1. The van der Waals surface area contributed by atoms with Crippen molar-refractivity contribution < 1.29 is 33.0 Å². The van der Waals surface area contributed by atoms with Gasteiger partial charge in [-0.25, -0.2) is 19.9 Å². The van der Waals surface area contributed by atoms with Crippen molar-refractivity contribution in [2.24, 2.45) is 0 Å². The maximum absolute atomic E-state index is 14.3. The van der Waals surface area contributed by atoms with Gasteiger partial charge in [0.05, 0.1) is 39.5 Å². The highest BCUT2D eigenvalue weighted by atomic mass is 35.5. The molecule has 6 rings (SSSR count). The molecular weight excluding hydrogens is 693 g/mol. The number of aromatic hydroxyl groups is 1. The van der Waals surface area contributed by atoms with Crippen molar-refractivity contribution in [1.29, 1.82) is 0 Å². The predicted molar refractivity (Wildman–Crippen MR) is 183 cm³/mol. The number of fused-ring (bicyclic) bond motifs is 1. The predicted octanol–water partition coefficient (Wildman–Crippen LogP) is 4.36. The Hall–Kier alpha value is -5.09. The molecule has 0 bridgehead atoms. The van der Waals surface area contributed by atoms with Gasteiger partial charge in [0, 0.05) is 31.9 Å². The molecule has 3 aromatic heterocycles. The first kappa shape index (κ1) is 35.7. The van der Waals surface area contributed by atoms with Gasteiger partial charge in [-0.2, -0.15) is 13.2 Å². The summed E-state index contributed by atoms with van der Waals surface area (Å²) < 4.78 is 41.1. The largest absolute Gasteiger partial charge is 0.504 e. The molecule has 1 aliphatic carbocycles. The molecule has 0 unspecified atom stereocenters. The number of hydrogen-bond donors (Lipinski definition) is 3. The summed E-state index contributed by atoms with van der Waals surface area (Å²) in [5.41, 5.74) is 0.0639. The molecule has 4 aromatic rings. The summed E-state index contributed by atoms with van der Waals surface area (Å²) in [7, 11) is 0. The van der Waals surface area contributed by atoms with Crippen molar-refractivity contribution in [3.05, 3.63) is 79.9 Å². The third kappa shape index (κ3) is 7.23. The molecule has 1 saturated carbocycles. The number of anilines is 2. The maximum Gasteiger partial charge on any atom is 0.416 e. The topological polar surface area (TPSA) is 167 Å². The van der Waals surface area contributed by atoms with E-state index in [9.17, 15) is 37.8 Å². The lowest BCUT2D eigenvalue weighted by Crippen LogP contribution is -2.50. The van der Waals surface area contributed by atoms with Crippen LogP contribution >= 0.6 is 11.6 Å². The number of aliphatic hydroxyl groups is 1. The molecule has 0 spiro atoms. The van der Waals surface area contributed by atoms with Crippen LogP contribution in [0, 0.1) is 6.92 Å². The third-order valence-electron chi connectivity index (χ3n) is 8.92. The Balaban J connectivity index is 1.35. The number of carbonyl (C=O) groups is 2. The Morgan fingerprint density at radius 1 is 1.12 bits per heavy atom. The minimum atomic E-state index is -4.62. The number of nitrogens with zero attached hydrogens (tertiary/aromatic N) is 7. The Kier molecular flexibility index (Phi) is 9.50. The van der Waals surface area contributed by atoms with Crippen molar-refractivity contribution in [2.45, 2.75) is 58.4 Å². The summed E-state index contributed by atoms with van der Waals surface area (Å²) in [5.74, 6) is -1.43. The van der Waals surface area contributed by atoms with Gasteiger partial charge in [-0.05, 0) is 57.4 Å². The average molecular weight is 727 g/mol. The number of piperazine rings is 1. The normalized spacial score (nSPS) is 17.8. The second-order valence-electron chi connectivity index (χ2n) is 12.9. The third-order valence-corrected chi connectivity index (χ3v) is 9.24. The average Bonchev–Trinajstić information content (AvgIpc) is 3.06. The fourth-order valence-corrected chi connectivity index (χ4v) is 6.67. The van der Waals surface area contributed by atoms with Gasteiger partial charge in [-0.15, -0.1) is 0 Å². The first-order valence-corrected chi connectivity index (χ1v) is 16.5. The van der Waals surface area contributed by atoms with Gasteiger partial charge in [-0.1, -0.05) is 24.1 Å². The molecule has 3 N–H and O–H groups in total. The summed E-state index contributed by atoms with van der Waals surface area (Å²) in [6, 6.07) is 2.61. The van der Waals surface area contributed by atoms with Crippen LogP contribution in [0.4, 0.5) is 24.5 Å². The molecule has 2 aliphatic rings. The number of alkyl halides is 3. The van der Waals surface area contributed by atoms with E-state index in [0.29, 0.717) is 24.2 Å². The molecular formula is C34H34ClF3N8O5. The van der Waals surface area contributed by atoms with E-state index in [2.05, 4.69) is 25.3 Å². The van der Waals surface area contributed by atoms with Crippen LogP contribution in [0.1, 0.15) is 59.8 Å². The Labute approximate surface area is 294 Å². The zero-order valence-electron chi connectivity index (χ0n) is 27.9. The second-order valence-corrected chi connectivity index (χ2v) is 13.3. The van der Waals surface area contributed by atoms with Crippen LogP contribution in [-0.4, -0.2) is 83.2 Å². The zero-order chi connectivity index (χ0) is 36.8. The Bertz CT molecular complexity index is 2140. The number of benzene rings is 1. The second kappa shape index (κ2) is 13.6. The zero-order valence-corrected chi connectivity index (χ0v) is 28.6. The molecule has 51 heavy (non-hydrogen) atoms. The van der Waals surface area contributed by atoms with Gasteiger partial charge in [0.2, 0.25) is 11.3 Å². The molecule has 17 heteroatoms. The van der Waals surface area contributed by atoms with Crippen molar-refractivity contribution in [2.75, 3.05) is 36.4 Å². The van der Waals surface area contributed by atoms with E-state index in [-0.39, 0.29) is 83.8 Å². The fraction of sp³-hybridized carbons (Fsp3) is 0.382. The van der Waals surface area contributed by atoms with Crippen LogP contribution in [0.2, 0.25) is 5.02 Å². The van der Waals surface area contributed by atoms with Crippen molar-refractivity contribution in [3.63, 3.8) is 0 Å². The summed E-state index contributed by atoms with van der Waals surface area (Å²) in [5, 5.41) is 22.8. The molecule has 1 aliphatic heterocycles. The van der Waals surface area contributed by atoms with Gasteiger partial charge in [0.15, 0.2) is 22.6 Å². The van der Waals surface area contributed by atoms with Gasteiger partial charge < -0.3 is 29.9 Å². The fourth-order valence-electron chi connectivity index (χ4n) is 6.44. The SMILES string of the molecule is CCc1c(N2CCN(C(=O)c3ncnc(C)c3O)CC2)c(=O)c2nc(C=C3CC(C)(O)C3)cnc2n1CC(=O)Nc1ccc(C(F)(F)F)cc1Cl. The maximum atomic E-state index is 14.3. The molecule has 1 aromatic carbocycles. The molecule has 13 nitrogen and oxygen atoms in total. The first-order chi connectivity index (χ1) is 24.1. The molecule has 2 amide bonds. The molecule has 2 fully saturated rings. The van der Waals surface area contributed by atoms with Gasteiger partial charge in [0.1, 0.15) is 18.6 Å². The first-order valence-electron chi connectivity index (χ1n) is 16.1. The standard InChI is InChI=1S/C34H34ClF3N8O5/c1-4-24-28(44-7-9-45(10-8-44)32(50)27-29(48)18(2)40-17-41-27)30(49)26-31(39-15-21(42-26)11-19-13-33(3,51)14-19)46(24)16-25(47)43-23-6-5-20(12-22(23)35)34(36,37)38/h5-6,11-12,15,17,48,51H,4,7-10,13-14,16H2,1-3H3,(H,43,47). The minimum Gasteiger partial charge on any atom is -0.504 e. The number of aryl methyl sites for hydroxylation is 1. The number of nitrogens with one attached hydrogen (secondary N) is 1. The van der Waals surface area contributed by atoms with E-state index >= 15 is 0 Å². The number of rotatable bonds is 7. The lowest BCUT2D eigenvalue weighted by atomic mass is 9.77. The van der Waals surface area contributed by atoms with Crippen molar-refractivity contribution >= 4 is 52.0 Å². The smallest absolute Gasteiger partial charge is 0.416 e. The number of halogens is 4. The monoisotopic (exact) mass is 726 g/mol. The number of amides is 2. The summed E-state index contributed by atoms with van der Waals surface area (Å²) in [4.78, 5) is 61.3. The molecule has 268 valence electrons. The quantitative estimate of drug-likeness (QED) is 0.249. The highest BCUT2D eigenvalue weighted by molar-refractivity contribution is 6.33. The Morgan fingerprint density at radius 3 is 2.45 bits per heavy atom. The van der Waals surface area contributed by atoms with E-state index < -0.39 is 34.6 Å². The molecule has 1 saturated heterocycles. The minimum absolute atomic E-state index is 0.0112. The molecule has 0 atom stereocenters. The van der Waals surface area contributed by atoms with E-state index in [0.717, 1.165) is 23.8 Å². The highest BCUT2D eigenvalue weighted by Gasteiger charge is 2.34. The summed E-state index contributed by atoms with van der Waals surface area (Å²) >= 11 is 6.10. The summed E-state index contributed by atoms with van der Waals surface area (Å²) in [6.45, 7) is 5.53. The van der Waals surface area contributed by atoms with Crippen LogP contribution in [0.3, 0.4) is 0 Å². The highest BCUT2D eigenvalue weighted by Crippen LogP contribution is 2.38. The summed E-state index contributed by atoms with van der Waals surface area (Å²) in [6.07, 6.45) is 0.978. The number of carbonyl (C=O) groups excluding carboxylic acids is 2. The Morgan fingerprint density at radius 2 is 1.82 bits per heavy atom.